The molecule has 1 aliphatic heterocycles. The van der Waals surface area contributed by atoms with Crippen molar-refractivity contribution >= 4 is 15.9 Å². The predicted molar refractivity (Wildman–Crippen MR) is 66.5 cm³/mol. The fourth-order valence-corrected chi connectivity index (χ4v) is 3.74. The van der Waals surface area contributed by atoms with E-state index in [9.17, 15) is 13.2 Å². The van der Waals surface area contributed by atoms with E-state index in [4.69, 9.17) is 5.11 Å². The van der Waals surface area contributed by atoms with Gasteiger partial charge in [-0.1, -0.05) is 12.1 Å². The van der Waals surface area contributed by atoms with Crippen LogP contribution in [0.2, 0.25) is 0 Å². The first-order chi connectivity index (χ1) is 8.49. The van der Waals surface area contributed by atoms with Gasteiger partial charge in [-0.3, -0.25) is 0 Å². The Labute approximate surface area is 106 Å². The standard InChI is InChI=1S/C12H15NO4S/c14-12(15)13-6-5-9-3-4-11-10(8-9)2-1-7-18(11,16)17/h3-4,8,13H,1-2,5-7H2,(H,14,15). The van der Waals surface area contributed by atoms with E-state index in [1.165, 1.54) is 0 Å². The first kappa shape index (κ1) is 12.9. The molecule has 1 aromatic carbocycles. The molecule has 1 amide bonds. The summed E-state index contributed by atoms with van der Waals surface area (Å²) in [5.74, 6) is 0.222. The van der Waals surface area contributed by atoms with Gasteiger partial charge in [0.15, 0.2) is 9.84 Å². The molecule has 0 radical (unpaired) electrons. The molecule has 0 aromatic heterocycles. The summed E-state index contributed by atoms with van der Waals surface area (Å²) in [5, 5.41) is 10.8. The molecule has 0 atom stereocenters. The largest absolute Gasteiger partial charge is 0.465 e. The highest BCUT2D eigenvalue weighted by atomic mass is 32.2. The highest BCUT2D eigenvalue weighted by Crippen LogP contribution is 2.25. The van der Waals surface area contributed by atoms with Crippen LogP contribution < -0.4 is 5.32 Å². The van der Waals surface area contributed by atoms with Crippen LogP contribution in [0.1, 0.15) is 17.5 Å². The lowest BCUT2D eigenvalue weighted by atomic mass is 10.0. The van der Waals surface area contributed by atoms with Gasteiger partial charge in [-0.15, -0.1) is 0 Å². The van der Waals surface area contributed by atoms with Crippen LogP contribution in [0, 0.1) is 0 Å². The Hall–Kier alpha value is -1.56. The van der Waals surface area contributed by atoms with Crippen LogP contribution in [-0.2, 0) is 22.7 Å². The van der Waals surface area contributed by atoms with Crippen molar-refractivity contribution in [1.29, 1.82) is 0 Å². The van der Waals surface area contributed by atoms with Gasteiger partial charge in [0.25, 0.3) is 0 Å². The maximum absolute atomic E-state index is 11.8. The molecule has 6 heteroatoms. The first-order valence-electron chi connectivity index (χ1n) is 5.80. The van der Waals surface area contributed by atoms with Crippen LogP contribution in [0.4, 0.5) is 4.79 Å². The van der Waals surface area contributed by atoms with E-state index < -0.39 is 15.9 Å². The topological polar surface area (TPSA) is 83.5 Å². The predicted octanol–water partition coefficient (Wildman–Crippen LogP) is 1.22. The monoisotopic (exact) mass is 269 g/mol. The Balaban J connectivity index is 2.15. The van der Waals surface area contributed by atoms with Crippen molar-refractivity contribution in [3.8, 4) is 0 Å². The number of carboxylic acid groups (broad SMARTS) is 1. The van der Waals surface area contributed by atoms with Crippen LogP contribution in [0.3, 0.4) is 0 Å². The summed E-state index contributed by atoms with van der Waals surface area (Å²) in [6, 6.07) is 5.26. The number of amides is 1. The summed E-state index contributed by atoms with van der Waals surface area (Å²) in [5.41, 5.74) is 1.81. The van der Waals surface area contributed by atoms with Gasteiger partial charge in [-0.25, -0.2) is 13.2 Å². The Morgan fingerprint density at radius 2 is 2.17 bits per heavy atom. The minimum atomic E-state index is -3.10. The van der Waals surface area contributed by atoms with Crippen molar-refractivity contribution in [1.82, 2.24) is 5.32 Å². The molecule has 1 aliphatic rings. The van der Waals surface area contributed by atoms with Crippen molar-refractivity contribution in [2.24, 2.45) is 0 Å². The number of nitrogens with one attached hydrogen (secondary N) is 1. The normalized spacial score (nSPS) is 16.9. The molecule has 5 nitrogen and oxygen atoms in total. The number of sulfone groups is 1. The van der Waals surface area contributed by atoms with Crippen LogP contribution in [0.5, 0.6) is 0 Å². The molecule has 0 saturated heterocycles. The number of carbonyl (C=O) groups is 1. The SMILES string of the molecule is O=C(O)NCCc1ccc2c(c1)CCCS2(=O)=O. The lowest BCUT2D eigenvalue weighted by Crippen LogP contribution is -2.23. The van der Waals surface area contributed by atoms with Gasteiger partial charge in [-0.2, -0.15) is 0 Å². The first-order valence-corrected chi connectivity index (χ1v) is 7.45. The molecule has 0 bridgehead atoms. The van der Waals surface area contributed by atoms with Crippen molar-refractivity contribution in [3.05, 3.63) is 29.3 Å². The van der Waals surface area contributed by atoms with Gasteiger partial charge in [0.05, 0.1) is 10.6 Å². The van der Waals surface area contributed by atoms with Gasteiger partial charge in [0.1, 0.15) is 0 Å². The van der Waals surface area contributed by atoms with Crippen molar-refractivity contribution in [2.75, 3.05) is 12.3 Å². The minimum absolute atomic E-state index is 0.222. The zero-order chi connectivity index (χ0) is 13.2. The molecule has 0 spiro atoms. The molecule has 1 heterocycles. The van der Waals surface area contributed by atoms with E-state index in [0.717, 1.165) is 17.5 Å². The molecular formula is C12H15NO4S. The lowest BCUT2D eigenvalue weighted by molar-refractivity contribution is 0.194. The molecule has 98 valence electrons. The number of rotatable bonds is 3. The van der Waals surface area contributed by atoms with Crippen LogP contribution in [0.15, 0.2) is 23.1 Å². The molecular weight excluding hydrogens is 254 g/mol. The summed E-state index contributed by atoms with van der Waals surface area (Å²) in [4.78, 5) is 10.8. The third kappa shape index (κ3) is 2.81. The zero-order valence-electron chi connectivity index (χ0n) is 9.85. The number of hydrogen-bond acceptors (Lipinski definition) is 3. The Bertz CT molecular complexity index is 565. The fraction of sp³-hybridized carbons (Fsp3) is 0.417. The average Bonchev–Trinajstić information content (AvgIpc) is 2.27. The second-order valence-corrected chi connectivity index (χ2v) is 6.42. The molecule has 0 saturated carbocycles. The second kappa shape index (κ2) is 4.97. The van der Waals surface area contributed by atoms with Crippen molar-refractivity contribution in [2.45, 2.75) is 24.2 Å². The number of fused-ring (bicyclic) bond motifs is 1. The van der Waals surface area contributed by atoms with E-state index >= 15 is 0 Å². The van der Waals surface area contributed by atoms with Crippen molar-refractivity contribution < 1.29 is 18.3 Å². The van der Waals surface area contributed by atoms with E-state index in [-0.39, 0.29) is 5.75 Å². The molecule has 18 heavy (non-hydrogen) atoms. The fourth-order valence-electron chi connectivity index (χ4n) is 2.16. The maximum Gasteiger partial charge on any atom is 0.404 e. The minimum Gasteiger partial charge on any atom is -0.465 e. The van der Waals surface area contributed by atoms with E-state index in [1.54, 1.807) is 12.1 Å². The second-order valence-electron chi connectivity index (χ2n) is 4.35. The van der Waals surface area contributed by atoms with E-state index in [0.29, 0.717) is 24.3 Å². The summed E-state index contributed by atoms with van der Waals surface area (Å²) in [7, 11) is -3.10. The smallest absolute Gasteiger partial charge is 0.404 e. The third-order valence-corrected chi connectivity index (χ3v) is 4.90. The molecule has 0 unspecified atom stereocenters. The quantitative estimate of drug-likeness (QED) is 0.864. The summed E-state index contributed by atoms with van der Waals surface area (Å²) in [6.45, 7) is 0.334. The van der Waals surface area contributed by atoms with E-state index in [1.807, 2.05) is 6.07 Å². The highest BCUT2D eigenvalue weighted by molar-refractivity contribution is 7.91. The molecule has 1 aromatic rings. The molecule has 2 N–H and O–H groups in total. The summed E-state index contributed by atoms with van der Waals surface area (Å²) in [6.07, 6.45) is 0.955. The van der Waals surface area contributed by atoms with Gasteiger partial charge in [0, 0.05) is 6.54 Å². The van der Waals surface area contributed by atoms with Gasteiger partial charge >= 0.3 is 6.09 Å². The summed E-state index contributed by atoms with van der Waals surface area (Å²) >= 11 is 0. The van der Waals surface area contributed by atoms with Gasteiger partial charge in [0.2, 0.25) is 0 Å². The van der Waals surface area contributed by atoms with Crippen LogP contribution >= 0.6 is 0 Å². The Morgan fingerprint density at radius 3 is 2.89 bits per heavy atom. The number of benzene rings is 1. The van der Waals surface area contributed by atoms with Crippen LogP contribution in [0.25, 0.3) is 0 Å². The van der Waals surface area contributed by atoms with Crippen LogP contribution in [-0.4, -0.2) is 31.9 Å². The Morgan fingerprint density at radius 1 is 1.39 bits per heavy atom. The van der Waals surface area contributed by atoms with Gasteiger partial charge in [-0.05, 0) is 36.5 Å². The third-order valence-electron chi connectivity index (χ3n) is 3.01. The van der Waals surface area contributed by atoms with Gasteiger partial charge < -0.3 is 10.4 Å². The highest BCUT2D eigenvalue weighted by Gasteiger charge is 2.23. The Kier molecular flexibility index (Phi) is 3.56. The van der Waals surface area contributed by atoms with E-state index in [2.05, 4.69) is 5.32 Å². The molecule has 2 rings (SSSR count). The average molecular weight is 269 g/mol. The molecule has 0 aliphatic carbocycles. The zero-order valence-corrected chi connectivity index (χ0v) is 10.7. The lowest BCUT2D eigenvalue weighted by Gasteiger charge is -2.17. The summed E-state index contributed by atoms with van der Waals surface area (Å²) < 4.78 is 23.6. The number of hydrogen-bond donors (Lipinski definition) is 2. The maximum atomic E-state index is 11.8. The van der Waals surface area contributed by atoms with Crippen molar-refractivity contribution in [3.63, 3.8) is 0 Å². The number of aryl methyl sites for hydroxylation is 1. The molecule has 0 fully saturated rings.